The summed E-state index contributed by atoms with van der Waals surface area (Å²) in [5.74, 6) is -0.446. The Morgan fingerprint density at radius 3 is 2.17 bits per heavy atom. The van der Waals surface area contributed by atoms with Crippen molar-refractivity contribution in [2.45, 2.75) is 13.8 Å². The van der Waals surface area contributed by atoms with E-state index in [4.69, 9.17) is 14.3 Å². The second-order valence-corrected chi connectivity index (χ2v) is 5.20. The molecule has 0 aliphatic heterocycles. The van der Waals surface area contributed by atoms with E-state index in [2.05, 4.69) is 5.16 Å². The van der Waals surface area contributed by atoms with E-state index in [0.717, 1.165) is 0 Å². The molecule has 1 N–H and O–H groups in total. The predicted octanol–water partition coefficient (Wildman–Crippen LogP) is 3.23. The summed E-state index contributed by atoms with van der Waals surface area (Å²) in [6, 6.07) is 5.02. The van der Waals surface area contributed by atoms with Crippen molar-refractivity contribution in [1.82, 2.24) is 0 Å². The molecule has 1 aromatic rings. The van der Waals surface area contributed by atoms with Crippen molar-refractivity contribution in [3.05, 3.63) is 35.6 Å². The van der Waals surface area contributed by atoms with Crippen LogP contribution in [-0.4, -0.2) is 23.9 Å². The van der Waals surface area contributed by atoms with E-state index in [-0.39, 0.29) is 24.2 Å². The Balaban J connectivity index is 3.15. The molecule has 0 aromatic heterocycles. The lowest BCUT2D eigenvalue weighted by Crippen LogP contribution is -2.09. The van der Waals surface area contributed by atoms with Crippen molar-refractivity contribution in [1.29, 1.82) is 0 Å². The molecular formula is C11H15FNO4P. The molecule has 0 spiro atoms. The fourth-order valence-electron chi connectivity index (χ4n) is 1.37. The van der Waals surface area contributed by atoms with Crippen molar-refractivity contribution in [2.75, 3.05) is 13.2 Å². The molecule has 0 saturated carbocycles. The summed E-state index contributed by atoms with van der Waals surface area (Å²) in [6.45, 7) is 3.56. The Bertz CT molecular complexity index is 451. The summed E-state index contributed by atoms with van der Waals surface area (Å²) in [4.78, 5) is 0. The van der Waals surface area contributed by atoms with Crippen LogP contribution in [0.2, 0.25) is 0 Å². The highest BCUT2D eigenvalue weighted by atomic mass is 31.2. The minimum atomic E-state index is -3.69. The molecule has 0 saturated heterocycles. The predicted molar refractivity (Wildman–Crippen MR) is 65.6 cm³/mol. The topological polar surface area (TPSA) is 68.1 Å². The zero-order chi connectivity index (χ0) is 13.6. The normalized spacial score (nSPS) is 12.7. The molecule has 0 fully saturated rings. The lowest BCUT2D eigenvalue weighted by Gasteiger charge is -2.17. The van der Waals surface area contributed by atoms with Crippen LogP contribution in [0.5, 0.6) is 0 Å². The summed E-state index contributed by atoms with van der Waals surface area (Å²) in [6.07, 6.45) is 0. The summed E-state index contributed by atoms with van der Waals surface area (Å²) in [7, 11) is -3.69. The average Bonchev–Trinajstić information content (AvgIpc) is 2.33. The Labute approximate surface area is 105 Å². The largest absolute Gasteiger partial charge is 0.410 e. The molecule has 7 heteroatoms. The quantitative estimate of drug-likeness (QED) is 0.374. The van der Waals surface area contributed by atoms with Gasteiger partial charge >= 0.3 is 7.60 Å². The number of nitrogens with zero attached hydrogens (tertiary/aromatic N) is 1. The first-order valence-corrected chi connectivity index (χ1v) is 6.99. The molecule has 0 radical (unpaired) electrons. The maximum Gasteiger partial charge on any atom is 0.383 e. The van der Waals surface area contributed by atoms with Gasteiger partial charge in [-0.05, 0) is 38.1 Å². The van der Waals surface area contributed by atoms with Gasteiger partial charge in [0.2, 0.25) is 0 Å². The first-order chi connectivity index (χ1) is 8.57. The van der Waals surface area contributed by atoms with E-state index in [9.17, 15) is 8.96 Å². The molecular weight excluding hydrogens is 260 g/mol. The minimum Gasteiger partial charge on any atom is -0.410 e. The number of hydrogen-bond donors (Lipinski definition) is 1. The third-order valence-corrected chi connectivity index (χ3v) is 4.12. The first kappa shape index (κ1) is 14.8. The molecule has 0 aliphatic carbocycles. The third-order valence-electron chi connectivity index (χ3n) is 2.05. The molecule has 0 bridgehead atoms. The van der Waals surface area contributed by atoms with Crippen molar-refractivity contribution in [2.24, 2.45) is 5.16 Å². The van der Waals surface area contributed by atoms with Crippen molar-refractivity contribution in [3.8, 4) is 0 Å². The van der Waals surface area contributed by atoms with Gasteiger partial charge in [0.25, 0.3) is 0 Å². The van der Waals surface area contributed by atoms with Crippen LogP contribution in [0.15, 0.2) is 29.4 Å². The number of rotatable bonds is 6. The van der Waals surface area contributed by atoms with E-state index in [0.29, 0.717) is 0 Å². The molecule has 0 amide bonds. The Morgan fingerprint density at radius 2 is 1.78 bits per heavy atom. The molecule has 0 atom stereocenters. The van der Waals surface area contributed by atoms with Crippen molar-refractivity contribution < 1.29 is 23.2 Å². The number of halogens is 1. The molecule has 5 nitrogen and oxygen atoms in total. The van der Waals surface area contributed by atoms with Crippen LogP contribution >= 0.6 is 7.60 Å². The fourth-order valence-corrected chi connectivity index (χ4v) is 2.94. The molecule has 0 unspecified atom stereocenters. The standard InChI is InChI=1S/C11H15FNO4P/c1-3-16-18(15,17-4-2)11(13-14)9-5-7-10(12)8-6-9/h5-8,14H,3-4H2,1-2H3/b13-11+. The van der Waals surface area contributed by atoms with Gasteiger partial charge in [0.05, 0.1) is 13.2 Å². The summed E-state index contributed by atoms with van der Waals surface area (Å²) >= 11 is 0. The van der Waals surface area contributed by atoms with Crippen LogP contribution in [0, 0.1) is 5.82 Å². The van der Waals surface area contributed by atoms with Gasteiger partial charge in [0.15, 0.2) is 5.45 Å². The number of oxime groups is 1. The molecule has 0 aliphatic rings. The van der Waals surface area contributed by atoms with Crippen LogP contribution in [0.25, 0.3) is 0 Å². The second kappa shape index (κ2) is 6.64. The first-order valence-electron chi connectivity index (χ1n) is 5.45. The average molecular weight is 275 g/mol. The lowest BCUT2D eigenvalue weighted by atomic mass is 10.2. The second-order valence-electron chi connectivity index (χ2n) is 3.26. The van der Waals surface area contributed by atoms with Gasteiger partial charge < -0.3 is 14.3 Å². The van der Waals surface area contributed by atoms with E-state index in [1.165, 1.54) is 24.3 Å². The number of benzene rings is 1. The lowest BCUT2D eigenvalue weighted by molar-refractivity contribution is 0.230. The SMILES string of the molecule is CCOP(=O)(OCC)/C(=N/O)c1ccc(F)cc1. The van der Waals surface area contributed by atoms with Crippen molar-refractivity contribution >= 4 is 13.0 Å². The van der Waals surface area contributed by atoms with Crippen LogP contribution in [0.3, 0.4) is 0 Å². The van der Waals surface area contributed by atoms with Gasteiger partial charge in [-0.1, -0.05) is 5.16 Å². The maximum absolute atomic E-state index is 12.8. The Morgan fingerprint density at radius 1 is 1.28 bits per heavy atom. The molecule has 1 rings (SSSR count). The summed E-state index contributed by atoms with van der Waals surface area (Å²) in [5, 5.41) is 12.0. The van der Waals surface area contributed by atoms with E-state index < -0.39 is 13.4 Å². The summed E-state index contributed by atoms with van der Waals surface area (Å²) in [5.41, 5.74) is 0.0512. The molecule has 1 aromatic carbocycles. The van der Waals surface area contributed by atoms with Gasteiger partial charge in [-0.25, -0.2) is 4.39 Å². The van der Waals surface area contributed by atoms with Gasteiger partial charge in [-0.3, -0.25) is 4.57 Å². The zero-order valence-corrected chi connectivity index (χ0v) is 11.1. The number of hydrogen-bond acceptors (Lipinski definition) is 5. The zero-order valence-electron chi connectivity index (χ0n) is 10.2. The smallest absolute Gasteiger partial charge is 0.383 e. The minimum absolute atomic E-state index is 0.136. The van der Waals surface area contributed by atoms with Crippen molar-refractivity contribution in [3.63, 3.8) is 0 Å². The highest BCUT2D eigenvalue weighted by molar-refractivity contribution is 7.73. The highest BCUT2D eigenvalue weighted by Crippen LogP contribution is 2.51. The maximum atomic E-state index is 12.8. The molecule has 18 heavy (non-hydrogen) atoms. The van der Waals surface area contributed by atoms with Gasteiger partial charge in [-0.15, -0.1) is 0 Å². The third kappa shape index (κ3) is 3.38. The van der Waals surface area contributed by atoms with Gasteiger partial charge in [0.1, 0.15) is 5.82 Å². The fraction of sp³-hybridized carbons (Fsp3) is 0.364. The van der Waals surface area contributed by atoms with Crippen LogP contribution < -0.4 is 0 Å². The van der Waals surface area contributed by atoms with E-state index >= 15 is 0 Å². The van der Waals surface area contributed by atoms with E-state index in [1.54, 1.807) is 13.8 Å². The Kier molecular flexibility index (Phi) is 5.47. The van der Waals surface area contributed by atoms with Gasteiger partial charge in [0, 0.05) is 5.56 Å². The van der Waals surface area contributed by atoms with E-state index in [1.807, 2.05) is 0 Å². The van der Waals surface area contributed by atoms with Crippen LogP contribution in [0.1, 0.15) is 19.4 Å². The highest BCUT2D eigenvalue weighted by Gasteiger charge is 2.33. The monoisotopic (exact) mass is 275 g/mol. The molecule has 100 valence electrons. The Hall–Kier alpha value is -1.23. The van der Waals surface area contributed by atoms with Gasteiger partial charge in [-0.2, -0.15) is 0 Å². The summed E-state index contributed by atoms with van der Waals surface area (Å²) < 4.78 is 35.3. The van der Waals surface area contributed by atoms with Crippen LogP contribution in [0.4, 0.5) is 4.39 Å². The van der Waals surface area contributed by atoms with Crippen LogP contribution in [-0.2, 0) is 13.6 Å². The molecule has 0 heterocycles.